The second kappa shape index (κ2) is 16.6. The van der Waals surface area contributed by atoms with Crippen molar-refractivity contribution in [2.45, 2.75) is 81.3 Å². The third-order valence-corrected chi connectivity index (χ3v) is 12.4. The molecule has 5 rings (SSSR count). The standard InChI is InChI=1S/C36H43N2O18P/c1-14-29(42)18(37)8-24(55-14)56-21-10-36(51,22(39)11-38-19(35(49)50)13-57(52,53)12-15(34(47)48)6-7-23(40)41)9-17-26(21)33(46)28-27(31(17)44)30(43)16-4-3-5-20(54-2)25(16)32(28)45/h3-5,14-15,18-19,21,24,29,38,42,44,46,51H,6-13,37H2,1-2H3,(H,40,41)(H,47,48)(H,49,50)(H,52,53)/t14-,15?,18?,19?,21-,24+,29?,36-/m1/s1. The molecule has 3 aliphatic rings. The van der Waals surface area contributed by atoms with Crippen LogP contribution in [0, 0.1) is 5.92 Å². The summed E-state index contributed by atoms with van der Waals surface area (Å²) in [4.78, 5) is 86.9. The SMILES string of the molecule is COc1cccc2c1C(=O)c1c(O)c3c(c(O)c1C2=O)C[C@](O)(C(=O)CNC(CP(=O)(O)CC(CCC(=O)O)C(=O)O)C(=O)O)C[C@H]3O[C@H]1CC(N)C(O)[C@@H](C)O1. The van der Waals surface area contributed by atoms with Crippen LogP contribution in [-0.4, -0.2) is 138 Å². The number of aromatic hydroxyl groups is 2. The molecule has 21 heteroatoms. The molecule has 1 aliphatic heterocycles. The maximum Gasteiger partial charge on any atom is 0.321 e. The molecule has 1 fully saturated rings. The predicted molar refractivity (Wildman–Crippen MR) is 192 cm³/mol. The Labute approximate surface area is 323 Å². The van der Waals surface area contributed by atoms with Crippen molar-refractivity contribution in [2.75, 3.05) is 26.0 Å². The second-order valence-electron chi connectivity index (χ2n) is 14.5. The van der Waals surface area contributed by atoms with Gasteiger partial charge in [-0.1, -0.05) is 12.1 Å². The summed E-state index contributed by atoms with van der Waals surface area (Å²) >= 11 is 0. The van der Waals surface area contributed by atoms with Crippen molar-refractivity contribution >= 4 is 42.6 Å². The van der Waals surface area contributed by atoms with Gasteiger partial charge in [0, 0.05) is 54.6 Å². The van der Waals surface area contributed by atoms with E-state index in [9.17, 15) is 68.9 Å². The smallest absolute Gasteiger partial charge is 0.321 e. The van der Waals surface area contributed by atoms with E-state index in [0.717, 1.165) is 0 Å². The highest BCUT2D eigenvalue weighted by Crippen LogP contribution is 2.52. The number of aliphatic carboxylic acids is 3. The highest BCUT2D eigenvalue weighted by Gasteiger charge is 2.50. The normalized spacial score (nSPS) is 26.2. The first-order chi connectivity index (χ1) is 26.6. The molecule has 0 aromatic heterocycles. The van der Waals surface area contributed by atoms with Crippen LogP contribution in [0.3, 0.4) is 0 Å². The van der Waals surface area contributed by atoms with E-state index in [1.54, 1.807) is 0 Å². The van der Waals surface area contributed by atoms with Crippen LogP contribution in [0.2, 0.25) is 0 Å². The molecule has 2 aliphatic carbocycles. The molecular formula is C36H43N2O18P. The lowest BCUT2D eigenvalue weighted by molar-refractivity contribution is -0.247. The summed E-state index contributed by atoms with van der Waals surface area (Å²) in [6.07, 6.45) is -9.70. The molecule has 2 aromatic rings. The number of aliphatic hydroxyl groups excluding tert-OH is 1. The van der Waals surface area contributed by atoms with Crippen molar-refractivity contribution in [3.05, 3.63) is 51.6 Å². The van der Waals surface area contributed by atoms with E-state index >= 15 is 0 Å². The highest BCUT2D eigenvalue weighted by atomic mass is 31.2. The monoisotopic (exact) mass is 822 g/mol. The van der Waals surface area contributed by atoms with Gasteiger partial charge in [0.1, 0.15) is 28.9 Å². The molecule has 57 heavy (non-hydrogen) atoms. The molecule has 0 amide bonds. The second-order valence-corrected chi connectivity index (χ2v) is 16.9. The first-order valence-electron chi connectivity index (χ1n) is 17.7. The summed E-state index contributed by atoms with van der Waals surface area (Å²) in [5.41, 5.74) is 1.23. The molecular weight excluding hydrogens is 779 g/mol. The summed E-state index contributed by atoms with van der Waals surface area (Å²) in [6.45, 7) is 0.504. The molecule has 11 N–H and O–H groups in total. The summed E-state index contributed by atoms with van der Waals surface area (Å²) in [5, 5.41) is 76.2. The number of carboxylic acid groups (broad SMARTS) is 3. The molecule has 0 radical (unpaired) electrons. The Balaban J connectivity index is 1.49. The van der Waals surface area contributed by atoms with Crippen molar-refractivity contribution in [3.8, 4) is 17.2 Å². The van der Waals surface area contributed by atoms with Crippen LogP contribution in [0.15, 0.2) is 18.2 Å². The van der Waals surface area contributed by atoms with E-state index in [1.165, 1.54) is 32.2 Å². The number of carbonyl (C=O) groups excluding carboxylic acids is 3. The van der Waals surface area contributed by atoms with Gasteiger partial charge >= 0.3 is 17.9 Å². The number of phenolic OH excluding ortho intramolecular Hbond substituents is 2. The van der Waals surface area contributed by atoms with Crippen molar-refractivity contribution in [2.24, 2.45) is 11.7 Å². The predicted octanol–water partition coefficient (Wildman–Crippen LogP) is -0.112. The van der Waals surface area contributed by atoms with Crippen molar-refractivity contribution in [1.82, 2.24) is 5.32 Å². The lowest BCUT2D eigenvalue weighted by Crippen LogP contribution is -2.54. The summed E-state index contributed by atoms with van der Waals surface area (Å²) in [5.74, 6) is -10.9. The van der Waals surface area contributed by atoms with Gasteiger partial charge in [-0.05, 0) is 19.4 Å². The average Bonchev–Trinajstić information content (AvgIpc) is 3.13. The van der Waals surface area contributed by atoms with Gasteiger partial charge in [0.25, 0.3) is 0 Å². The van der Waals surface area contributed by atoms with Gasteiger partial charge in [0.2, 0.25) is 13.2 Å². The number of methoxy groups -OCH3 is 1. The number of hydrogen-bond donors (Lipinski definition) is 10. The van der Waals surface area contributed by atoms with E-state index in [-0.39, 0.29) is 34.4 Å². The Morgan fingerprint density at radius 2 is 1.70 bits per heavy atom. The molecule has 0 spiro atoms. The van der Waals surface area contributed by atoms with Crippen molar-refractivity contribution in [3.63, 3.8) is 0 Å². The van der Waals surface area contributed by atoms with Crippen LogP contribution in [0.1, 0.15) is 81.7 Å². The minimum Gasteiger partial charge on any atom is -0.507 e. The van der Waals surface area contributed by atoms with Crippen LogP contribution in [0.5, 0.6) is 17.2 Å². The van der Waals surface area contributed by atoms with E-state index in [2.05, 4.69) is 5.32 Å². The number of carboxylic acids is 3. The highest BCUT2D eigenvalue weighted by molar-refractivity contribution is 7.58. The minimum absolute atomic E-state index is 0.00243. The minimum atomic E-state index is -4.61. The number of phenols is 2. The van der Waals surface area contributed by atoms with Crippen molar-refractivity contribution < 1.29 is 88.2 Å². The van der Waals surface area contributed by atoms with Gasteiger partial charge in [0.05, 0.1) is 60.7 Å². The quantitative estimate of drug-likeness (QED) is 0.0665. The zero-order valence-electron chi connectivity index (χ0n) is 30.6. The maximum absolute atomic E-state index is 13.9. The van der Waals surface area contributed by atoms with Crippen molar-refractivity contribution in [1.29, 1.82) is 0 Å². The molecule has 9 atom stereocenters. The molecule has 20 nitrogen and oxygen atoms in total. The maximum atomic E-state index is 13.9. The van der Waals surface area contributed by atoms with Crippen LogP contribution >= 0.6 is 7.37 Å². The van der Waals surface area contributed by atoms with Gasteiger partial charge in [-0.2, -0.15) is 0 Å². The number of hydrogen-bond acceptors (Lipinski definition) is 16. The number of aliphatic hydroxyl groups is 2. The first kappa shape index (κ1) is 43.3. The zero-order valence-corrected chi connectivity index (χ0v) is 31.5. The topological polar surface area (TPSA) is 347 Å². The molecule has 0 bridgehead atoms. The average molecular weight is 823 g/mol. The van der Waals surface area contributed by atoms with Crippen LogP contribution in [0.25, 0.3) is 0 Å². The number of nitrogens with one attached hydrogen (secondary N) is 1. The fourth-order valence-electron chi connectivity index (χ4n) is 7.51. The van der Waals surface area contributed by atoms with E-state index in [4.69, 9.17) is 25.1 Å². The summed E-state index contributed by atoms with van der Waals surface area (Å²) in [6, 6.07) is 1.31. The lowest BCUT2D eigenvalue weighted by Gasteiger charge is -2.42. The van der Waals surface area contributed by atoms with E-state index in [0.29, 0.717) is 0 Å². The van der Waals surface area contributed by atoms with E-state index < -0.39 is 158 Å². The number of carbonyl (C=O) groups is 6. The molecule has 5 unspecified atom stereocenters. The lowest BCUT2D eigenvalue weighted by atomic mass is 9.71. The third kappa shape index (κ3) is 8.73. The number of rotatable bonds is 16. The Morgan fingerprint density at radius 3 is 2.30 bits per heavy atom. The van der Waals surface area contributed by atoms with Gasteiger partial charge in [-0.25, -0.2) is 0 Å². The number of ether oxygens (including phenoxy) is 3. The van der Waals surface area contributed by atoms with Crippen LogP contribution < -0.4 is 15.8 Å². The third-order valence-electron chi connectivity index (χ3n) is 10.5. The van der Waals surface area contributed by atoms with E-state index in [1.807, 2.05) is 0 Å². The fourth-order valence-corrected chi connectivity index (χ4v) is 9.54. The Hall–Kier alpha value is -4.79. The number of Topliss-reactive ketones (excluding diaryl/α,β-unsaturated/α-hetero) is 1. The zero-order chi connectivity index (χ0) is 42.3. The largest absolute Gasteiger partial charge is 0.507 e. The van der Waals surface area contributed by atoms with Gasteiger partial charge in [0.15, 0.2) is 17.9 Å². The molecule has 310 valence electrons. The molecule has 2 aromatic carbocycles. The summed E-state index contributed by atoms with van der Waals surface area (Å²) < 4.78 is 30.2. The number of nitrogens with two attached hydrogens (primary N) is 1. The van der Waals surface area contributed by atoms with Gasteiger partial charge in [-0.3, -0.25) is 38.6 Å². The number of ketones is 3. The molecule has 1 heterocycles. The Morgan fingerprint density at radius 1 is 1.04 bits per heavy atom. The molecule has 1 saturated heterocycles. The first-order valence-corrected chi connectivity index (χ1v) is 19.7. The summed E-state index contributed by atoms with van der Waals surface area (Å²) in [7, 11) is -3.35. The Bertz CT molecular complexity index is 2040. The Kier molecular flexibility index (Phi) is 12.6. The fraction of sp³-hybridized carbons (Fsp3) is 0.500. The van der Waals surface area contributed by atoms with Crippen LogP contribution in [0.4, 0.5) is 0 Å². The number of benzene rings is 2. The van der Waals surface area contributed by atoms with Gasteiger partial charge in [-0.15, -0.1) is 0 Å². The van der Waals surface area contributed by atoms with Gasteiger partial charge < -0.3 is 60.6 Å². The van der Waals surface area contributed by atoms with Crippen LogP contribution in [-0.2, 0) is 39.6 Å². The molecule has 0 saturated carbocycles. The number of fused-ring (bicyclic) bond motifs is 3.